The third kappa shape index (κ3) is 4.26. The number of nitrogens with one attached hydrogen (secondary N) is 1. The van der Waals surface area contributed by atoms with Crippen molar-refractivity contribution in [1.29, 1.82) is 0 Å². The third-order valence-electron chi connectivity index (χ3n) is 5.79. The van der Waals surface area contributed by atoms with E-state index in [0.717, 1.165) is 28.1 Å². The van der Waals surface area contributed by atoms with Gasteiger partial charge in [-0.05, 0) is 49.7 Å². The monoisotopic (exact) mass is 451 g/mol. The predicted octanol–water partition coefficient (Wildman–Crippen LogP) is 4.07. The molecule has 2 aromatic carbocycles. The Bertz CT molecular complexity index is 1110. The first kappa shape index (κ1) is 22.7. The van der Waals surface area contributed by atoms with Gasteiger partial charge in [-0.3, -0.25) is 9.89 Å². The van der Waals surface area contributed by atoms with Gasteiger partial charge in [0.15, 0.2) is 0 Å². The Kier molecular flexibility index (Phi) is 6.84. The number of amides is 1. The summed E-state index contributed by atoms with van der Waals surface area (Å²) in [6.07, 6.45) is 0.716. The lowest BCUT2D eigenvalue weighted by molar-refractivity contribution is 0.0722. The van der Waals surface area contributed by atoms with Crippen LogP contribution in [-0.2, 0) is 4.74 Å². The Labute approximate surface area is 193 Å². The van der Waals surface area contributed by atoms with E-state index < -0.39 is 0 Å². The predicted molar refractivity (Wildman–Crippen MR) is 124 cm³/mol. The average Bonchev–Trinajstić information content (AvgIpc) is 3.39. The normalized spacial score (nSPS) is 15.0. The maximum absolute atomic E-state index is 13.4. The number of rotatable bonds is 10. The number of aromatic amines is 1. The SMILES string of the molecule is CCOc1ccc(-c2n[nH]c3c2C(c2ccc(OC)cc2OC)N(CCCOC)C3=O)cc1. The van der Waals surface area contributed by atoms with Gasteiger partial charge in [-0.2, -0.15) is 5.10 Å². The fourth-order valence-corrected chi connectivity index (χ4v) is 4.27. The summed E-state index contributed by atoms with van der Waals surface area (Å²) in [5, 5.41) is 7.51. The molecule has 1 amide bonds. The number of carbonyl (C=O) groups excluding carboxylic acids is 1. The van der Waals surface area contributed by atoms with Crippen molar-refractivity contribution in [2.24, 2.45) is 0 Å². The molecule has 0 bridgehead atoms. The van der Waals surface area contributed by atoms with Crippen LogP contribution >= 0.6 is 0 Å². The van der Waals surface area contributed by atoms with Crippen LogP contribution in [0, 0.1) is 0 Å². The van der Waals surface area contributed by atoms with Gasteiger partial charge in [-0.15, -0.1) is 0 Å². The van der Waals surface area contributed by atoms with Crippen LogP contribution < -0.4 is 14.2 Å². The zero-order valence-electron chi connectivity index (χ0n) is 19.4. The first-order valence-corrected chi connectivity index (χ1v) is 11.0. The number of carbonyl (C=O) groups is 1. The average molecular weight is 452 g/mol. The molecule has 4 rings (SSSR count). The number of methoxy groups -OCH3 is 3. The molecule has 0 spiro atoms. The molecular weight excluding hydrogens is 422 g/mol. The number of ether oxygens (including phenoxy) is 4. The second kappa shape index (κ2) is 9.95. The molecule has 3 aromatic rings. The molecule has 8 heteroatoms. The lowest BCUT2D eigenvalue weighted by atomic mass is 9.95. The van der Waals surface area contributed by atoms with E-state index in [1.807, 2.05) is 54.3 Å². The largest absolute Gasteiger partial charge is 0.497 e. The maximum atomic E-state index is 13.4. The van der Waals surface area contributed by atoms with E-state index >= 15 is 0 Å². The number of aromatic nitrogens is 2. The molecule has 1 aliphatic rings. The van der Waals surface area contributed by atoms with E-state index in [0.29, 0.717) is 43.4 Å². The van der Waals surface area contributed by atoms with Crippen LogP contribution in [0.4, 0.5) is 0 Å². The zero-order chi connectivity index (χ0) is 23.4. The van der Waals surface area contributed by atoms with Gasteiger partial charge in [0.2, 0.25) is 0 Å². The Hall–Kier alpha value is -3.52. The van der Waals surface area contributed by atoms with Crippen LogP contribution in [0.15, 0.2) is 42.5 Å². The number of hydrogen-bond acceptors (Lipinski definition) is 6. The molecule has 1 unspecified atom stereocenters. The number of benzene rings is 2. The Morgan fingerprint density at radius 3 is 2.45 bits per heavy atom. The highest BCUT2D eigenvalue weighted by atomic mass is 16.5. The van der Waals surface area contributed by atoms with Gasteiger partial charge in [0.25, 0.3) is 5.91 Å². The van der Waals surface area contributed by atoms with Gasteiger partial charge >= 0.3 is 0 Å². The molecular formula is C25H29N3O5. The maximum Gasteiger partial charge on any atom is 0.273 e. The summed E-state index contributed by atoms with van der Waals surface area (Å²) in [4.78, 5) is 15.3. The van der Waals surface area contributed by atoms with Crippen LogP contribution in [-0.4, -0.2) is 62.1 Å². The van der Waals surface area contributed by atoms with Crippen molar-refractivity contribution in [2.45, 2.75) is 19.4 Å². The van der Waals surface area contributed by atoms with Crippen LogP contribution in [0.5, 0.6) is 17.2 Å². The van der Waals surface area contributed by atoms with Gasteiger partial charge < -0.3 is 23.8 Å². The fourth-order valence-electron chi connectivity index (χ4n) is 4.27. The molecule has 1 aromatic heterocycles. The van der Waals surface area contributed by atoms with Gasteiger partial charge in [0.1, 0.15) is 22.9 Å². The highest BCUT2D eigenvalue weighted by Crippen LogP contribution is 2.46. The van der Waals surface area contributed by atoms with E-state index in [1.165, 1.54) is 0 Å². The zero-order valence-corrected chi connectivity index (χ0v) is 19.4. The smallest absolute Gasteiger partial charge is 0.273 e. The van der Waals surface area contributed by atoms with E-state index in [-0.39, 0.29) is 11.9 Å². The number of hydrogen-bond donors (Lipinski definition) is 1. The fraction of sp³-hybridized carbons (Fsp3) is 0.360. The molecule has 0 fully saturated rings. The van der Waals surface area contributed by atoms with Crippen molar-refractivity contribution < 1.29 is 23.7 Å². The van der Waals surface area contributed by atoms with Gasteiger partial charge in [0, 0.05) is 43.0 Å². The number of fused-ring (bicyclic) bond motifs is 1. The van der Waals surface area contributed by atoms with Crippen molar-refractivity contribution >= 4 is 5.91 Å². The van der Waals surface area contributed by atoms with Crippen molar-refractivity contribution in [1.82, 2.24) is 15.1 Å². The number of nitrogens with zero attached hydrogens (tertiary/aromatic N) is 2. The standard InChI is InChI=1S/C25H29N3O5/c1-5-33-17-9-7-16(8-10-17)22-21-23(27-26-22)25(29)28(13-6-14-30-2)24(21)19-12-11-18(31-3)15-20(19)32-4/h7-12,15,24H,5-6,13-14H2,1-4H3,(H,26,27). The molecule has 2 heterocycles. The summed E-state index contributed by atoms with van der Waals surface area (Å²) in [7, 11) is 4.89. The highest BCUT2D eigenvalue weighted by Gasteiger charge is 2.43. The first-order valence-electron chi connectivity index (χ1n) is 11.0. The van der Waals surface area contributed by atoms with E-state index in [9.17, 15) is 4.79 Å². The van der Waals surface area contributed by atoms with Gasteiger partial charge in [-0.1, -0.05) is 0 Å². The topological polar surface area (TPSA) is 85.9 Å². The Morgan fingerprint density at radius 2 is 1.79 bits per heavy atom. The molecule has 33 heavy (non-hydrogen) atoms. The molecule has 8 nitrogen and oxygen atoms in total. The summed E-state index contributed by atoms with van der Waals surface area (Å²) in [5.74, 6) is 2.04. The Morgan fingerprint density at radius 1 is 1.03 bits per heavy atom. The van der Waals surface area contributed by atoms with Gasteiger partial charge in [0.05, 0.1) is 32.6 Å². The molecule has 174 valence electrons. The first-order chi connectivity index (χ1) is 16.1. The minimum atomic E-state index is -0.356. The molecule has 1 aliphatic heterocycles. The van der Waals surface area contributed by atoms with Crippen LogP contribution in [0.25, 0.3) is 11.3 Å². The lowest BCUT2D eigenvalue weighted by Crippen LogP contribution is -2.31. The highest BCUT2D eigenvalue weighted by molar-refractivity contribution is 6.00. The van der Waals surface area contributed by atoms with Gasteiger partial charge in [-0.25, -0.2) is 0 Å². The molecule has 0 saturated carbocycles. The summed E-state index contributed by atoms with van der Waals surface area (Å²) >= 11 is 0. The van der Waals surface area contributed by atoms with E-state index in [4.69, 9.17) is 18.9 Å². The molecule has 1 atom stereocenters. The second-order valence-electron chi connectivity index (χ2n) is 7.67. The molecule has 0 saturated heterocycles. The van der Waals surface area contributed by atoms with E-state index in [1.54, 1.807) is 21.3 Å². The van der Waals surface area contributed by atoms with Crippen molar-refractivity contribution in [3.8, 4) is 28.5 Å². The molecule has 1 N–H and O–H groups in total. The summed E-state index contributed by atoms with van der Waals surface area (Å²) in [6, 6.07) is 13.1. The Balaban J connectivity index is 1.82. The molecule has 0 aliphatic carbocycles. The van der Waals surface area contributed by atoms with Crippen LogP contribution in [0.1, 0.15) is 41.0 Å². The van der Waals surface area contributed by atoms with Crippen molar-refractivity contribution in [3.05, 3.63) is 59.3 Å². The second-order valence-corrected chi connectivity index (χ2v) is 7.67. The van der Waals surface area contributed by atoms with Crippen LogP contribution in [0.2, 0.25) is 0 Å². The minimum absolute atomic E-state index is 0.0892. The third-order valence-corrected chi connectivity index (χ3v) is 5.79. The van der Waals surface area contributed by atoms with Crippen LogP contribution in [0.3, 0.4) is 0 Å². The quantitative estimate of drug-likeness (QED) is 0.468. The lowest BCUT2D eigenvalue weighted by Gasteiger charge is -2.27. The number of H-pyrrole nitrogens is 1. The van der Waals surface area contributed by atoms with Crippen molar-refractivity contribution in [2.75, 3.05) is 41.1 Å². The summed E-state index contributed by atoms with van der Waals surface area (Å²) < 4.78 is 21.9. The van der Waals surface area contributed by atoms with Crippen molar-refractivity contribution in [3.63, 3.8) is 0 Å². The van der Waals surface area contributed by atoms with E-state index in [2.05, 4.69) is 10.2 Å². The summed E-state index contributed by atoms with van der Waals surface area (Å²) in [6.45, 7) is 3.65. The minimum Gasteiger partial charge on any atom is -0.497 e. The molecule has 0 radical (unpaired) electrons. The summed E-state index contributed by atoms with van der Waals surface area (Å²) in [5.41, 5.74) is 3.85.